The largest absolute Gasteiger partial charge is 0.354 e. The molecule has 1 aromatic heterocycles. The number of benzene rings is 2. The lowest BCUT2D eigenvalue weighted by Crippen LogP contribution is -2.15. The number of nitrogens with one attached hydrogen (secondary N) is 3. The van der Waals surface area contributed by atoms with Crippen LogP contribution in [-0.4, -0.2) is 22.6 Å². The zero-order valence-corrected chi connectivity index (χ0v) is 15.9. The minimum atomic E-state index is -0.348. The van der Waals surface area contributed by atoms with Gasteiger partial charge in [-0.2, -0.15) is 0 Å². The number of hydrogen-bond donors (Lipinski definition) is 3. The van der Waals surface area contributed by atoms with Crippen LogP contribution >= 0.6 is 0 Å². The highest BCUT2D eigenvalue weighted by atomic mass is 16.2. The first kappa shape index (κ1) is 19.1. The smallest absolute Gasteiger partial charge is 0.272 e. The molecule has 0 unspecified atom stereocenters. The van der Waals surface area contributed by atoms with Crippen LogP contribution in [-0.2, 0) is 0 Å². The van der Waals surface area contributed by atoms with E-state index in [2.05, 4.69) is 15.6 Å². The van der Waals surface area contributed by atoms with Gasteiger partial charge in [-0.25, -0.2) is 0 Å². The zero-order valence-electron chi connectivity index (χ0n) is 15.9. The molecule has 6 nitrogen and oxygen atoms in total. The van der Waals surface area contributed by atoms with Crippen molar-refractivity contribution in [2.24, 2.45) is 0 Å². The van der Waals surface area contributed by atoms with Crippen LogP contribution in [0.25, 0.3) is 0 Å². The van der Waals surface area contributed by atoms with Crippen LogP contribution in [0.3, 0.4) is 0 Å². The Morgan fingerprint density at radius 2 is 1.43 bits per heavy atom. The van der Waals surface area contributed by atoms with Crippen LogP contribution < -0.4 is 10.6 Å². The van der Waals surface area contributed by atoms with Crippen LogP contribution in [0.4, 0.5) is 11.4 Å². The van der Waals surface area contributed by atoms with Crippen molar-refractivity contribution in [3.05, 3.63) is 82.7 Å². The molecule has 0 aliphatic rings. The highest BCUT2D eigenvalue weighted by Gasteiger charge is 2.20. The second-order valence-corrected chi connectivity index (χ2v) is 6.54. The maximum absolute atomic E-state index is 12.6. The van der Waals surface area contributed by atoms with E-state index in [1.807, 2.05) is 6.07 Å². The Morgan fingerprint density at radius 1 is 0.821 bits per heavy atom. The number of aryl methyl sites for hydroxylation is 1. The van der Waals surface area contributed by atoms with E-state index in [-0.39, 0.29) is 17.6 Å². The number of H-pyrrole nitrogens is 1. The molecule has 3 aromatic rings. The number of amides is 2. The summed E-state index contributed by atoms with van der Waals surface area (Å²) in [6.07, 6.45) is 0. The highest BCUT2D eigenvalue weighted by molar-refractivity contribution is 6.08. The molecule has 0 saturated heterocycles. The number of rotatable bonds is 5. The minimum absolute atomic E-state index is 0.0871. The number of aromatic amines is 1. The Kier molecular flexibility index (Phi) is 5.40. The number of aromatic nitrogens is 1. The molecule has 0 spiro atoms. The summed E-state index contributed by atoms with van der Waals surface area (Å²) < 4.78 is 0. The molecule has 0 bridgehead atoms. The van der Waals surface area contributed by atoms with Crippen LogP contribution in [0.1, 0.15) is 49.4 Å². The predicted molar refractivity (Wildman–Crippen MR) is 109 cm³/mol. The molecule has 28 heavy (non-hydrogen) atoms. The van der Waals surface area contributed by atoms with Crippen LogP contribution in [0.5, 0.6) is 0 Å². The summed E-state index contributed by atoms with van der Waals surface area (Å²) in [5, 5.41) is 5.61. The summed E-state index contributed by atoms with van der Waals surface area (Å²) in [5.74, 6) is -0.665. The monoisotopic (exact) mass is 375 g/mol. The summed E-state index contributed by atoms with van der Waals surface area (Å²) in [5.41, 5.74) is 3.82. The van der Waals surface area contributed by atoms with E-state index in [1.165, 1.54) is 6.92 Å². The molecule has 0 aliphatic carbocycles. The molecule has 0 radical (unpaired) electrons. The molecule has 2 aromatic carbocycles. The number of carbonyl (C=O) groups excluding carboxylic acids is 3. The lowest BCUT2D eigenvalue weighted by atomic mass is 10.1. The molecule has 0 saturated carbocycles. The minimum Gasteiger partial charge on any atom is -0.354 e. The average molecular weight is 375 g/mol. The van der Waals surface area contributed by atoms with Gasteiger partial charge in [0.1, 0.15) is 5.69 Å². The fourth-order valence-electron chi connectivity index (χ4n) is 3.17. The standard InChI is InChI=1S/C22H21N3O3/c1-13-19(15(3)26)14(2)23-20(13)22(28)25-18-11-7-10-17(12-18)24-21(27)16-8-5-4-6-9-16/h4-12,23H,1-3H3,(H,24,27)(H,25,28). The molecule has 2 amide bonds. The van der Waals surface area contributed by atoms with Crippen molar-refractivity contribution in [3.63, 3.8) is 0 Å². The lowest BCUT2D eigenvalue weighted by Gasteiger charge is -2.09. The van der Waals surface area contributed by atoms with Crippen molar-refractivity contribution in [2.45, 2.75) is 20.8 Å². The van der Waals surface area contributed by atoms with Gasteiger partial charge >= 0.3 is 0 Å². The van der Waals surface area contributed by atoms with Gasteiger partial charge in [-0.15, -0.1) is 0 Å². The first-order chi connectivity index (χ1) is 13.4. The lowest BCUT2D eigenvalue weighted by molar-refractivity contribution is 0.101. The summed E-state index contributed by atoms with van der Waals surface area (Å²) in [6.45, 7) is 4.98. The maximum atomic E-state index is 12.6. The van der Waals surface area contributed by atoms with Gasteiger partial charge in [0, 0.05) is 28.2 Å². The van der Waals surface area contributed by atoms with Crippen molar-refractivity contribution in [2.75, 3.05) is 10.6 Å². The van der Waals surface area contributed by atoms with Gasteiger partial charge in [0.2, 0.25) is 0 Å². The molecule has 142 valence electrons. The Hall–Kier alpha value is -3.67. The summed E-state index contributed by atoms with van der Waals surface area (Å²) in [4.78, 5) is 39.7. The Morgan fingerprint density at radius 3 is 2.00 bits per heavy atom. The second-order valence-electron chi connectivity index (χ2n) is 6.54. The first-order valence-corrected chi connectivity index (χ1v) is 8.84. The summed E-state index contributed by atoms with van der Waals surface area (Å²) in [6, 6.07) is 15.8. The first-order valence-electron chi connectivity index (χ1n) is 8.84. The molecule has 3 rings (SSSR count). The van der Waals surface area contributed by atoms with E-state index in [0.717, 1.165) is 0 Å². The van der Waals surface area contributed by atoms with Crippen molar-refractivity contribution in [3.8, 4) is 0 Å². The molecule has 6 heteroatoms. The highest BCUT2D eigenvalue weighted by Crippen LogP contribution is 2.21. The summed E-state index contributed by atoms with van der Waals surface area (Å²) in [7, 11) is 0. The van der Waals surface area contributed by atoms with Crippen molar-refractivity contribution in [1.82, 2.24) is 4.98 Å². The molecule has 1 heterocycles. The number of ketones is 1. The topological polar surface area (TPSA) is 91.1 Å². The summed E-state index contributed by atoms with van der Waals surface area (Å²) >= 11 is 0. The van der Waals surface area contributed by atoms with Gasteiger partial charge in [0.25, 0.3) is 11.8 Å². The van der Waals surface area contributed by atoms with Gasteiger partial charge in [0.15, 0.2) is 5.78 Å². The molecular weight excluding hydrogens is 354 g/mol. The zero-order chi connectivity index (χ0) is 20.3. The quantitative estimate of drug-likeness (QED) is 0.579. The third-order valence-corrected chi connectivity index (χ3v) is 4.43. The van der Waals surface area contributed by atoms with Gasteiger partial charge in [-0.05, 0) is 56.7 Å². The Bertz CT molecular complexity index is 1050. The van der Waals surface area contributed by atoms with E-state index in [4.69, 9.17) is 0 Å². The molecule has 3 N–H and O–H groups in total. The Balaban J connectivity index is 1.76. The van der Waals surface area contributed by atoms with Crippen LogP contribution in [0.15, 0.2) is 54.6 Å². The van der Waals surface area contributed by atoms with Gasteiger partial charge in [-0.1, -0.05) is 24.3 Å². The molecule has 0 fully saturated rings. The molecule has 0 aliphatic heterocycles. The predicted octanol–water partition coefficient (Wildman–Crippen LogP) is 4.34. The van der Waals surface area contributed by atoms with Crippen molar-refractivity contribution < 1.29 is 14.4 Å². The number of anilines is 2. The Labute approximate surface area is 163 Å². The fourth-order valence-corrected chi connectivity index (χ4v) is 3.17. The number of hydrogen-bond acceptors (Lipinski definition) is 3. The third-order valence-electron chi connectivity index (χ3n) is 4.43. The fraction of sp³-hybridized carbons (Fsp3) is 0.136. The SMILES string of the molecule is CC(=O)c1c(C)[nH]c(C(=O)Nc2cccc(NC(=O)c3ccccc3)c2)c1C. The number of carbonyl (C=O) groups is 3. The van der Waals surface area contributed by atoms with Gasteiger partial charge < -0.3 is 15.6 Å². The maximum Gasteiger partial charge on any atom is 0.272 e. The van der Waals surface area contributed by atoms with E-state index in [0.29, 0.717) is 39.5 Å². The van der Waals surface area contributed by atoms with E-state index >= 15 is 0 Å². The van der Waals surface area contributed by atoms with Crippen molar-refractivity contribution >= 4 is 29.0 Å². The van der Waals surface area contributed by atoms with E-state index in [9.17, 15) is 14.4 Å². The van der Waals surface area contributed by atoms with Crippen molar-refractivity contribution in [1.29, 1.82) is 0 Å². The van der Waals surface area contributed by atoms with E-state index in [1.54, 1.807) is 62.4 Å². The van der Waals surface area contributed by atoms with Gasteiger partial charge in [0.05, 0.1) is 0 Å². The number of Topliss-reactive ketones (excluding diaryl/α,β-unsaturated/α-hetero) is 1. The van der Waals surface area contributed by atoms with Crippen LogP contribution in [0, 0.1) is 13.8 Å². The van der Waals surface area contributed by atoms with Crippen LogP contribution in [0.2, 0.25) is 0 Å². The normalized spacial score (nSPS) is 10.4. The molecular formula is C22H21N3O3. The average Bonchev–Trinajstić information content (AvgIpc) is 2.97. The third kappa shape index (κ3) is 4.01. The van der Waals surface area contributed by atoms with E-state index < -0.39 is 0 Å². The van der Waals surface area contributed by atoms with Gasteiger partial charge in [-0.3, -0.25) is 14.4 Å². The second kappa shape index (κ2) is 7.92. The molecule has 0 atom stereocenters.